The van der Waals surface area contributed by atoms with Crippen LogP contribution in [0.15, 0.2) is 24.3 Å². The van der Waals surface area contributed by atoms with E-state index in [4.69, 9.17) is 4.74 Å². The molecule has 0 saturated heterocycles. The van der Waals surface area contributed by atoms with E-state index in [2.05, 4.69) is 13.8 Å². The normalized spacial score (nSPS) is 10.8. The van der Waals surface area contributed by atoms with Crippen molar-refractivity contribution in [3.05, 3.63) is 35.4 Å². The monoisotopic (exact) mass is 277 g/mol. The van der Waals surface area contributed by atoms with Crippen LogP contribution in [0.3, 0.4) is 0 Å². The molecule has 0 spiro atoms. The summed E-state index contributed by atoms with van der Waals surface area (Å²) in [5.74, 6) is 0.707. The van der Waals surface area contributed by atoms with Crippen LogP contribution in [0.25, 0.3) is 0 Å². The fourth-order valence-corrected chi connectivity index (χ4v) is 2.36. The Labute approximate surface area is 122 Å². The number of hydrogen-bond donors (Lipinski definition) is 0. The van der Waals surface area contributed by atoms with Crippen molar-refractivity contribution in [1.29, 1.82) is 0 Å². The molecule has 0 radical (unpaired) electrons. The van der Waals surface area contributed by atoms with E-state index in [0.29, 0.717) is 12.5 Å². The molecule has 0 atom stereocenters. The largest absolute Gasteiger partial charge is 0.380 e. The maximum Gasteiger partial charge on any atom is 0.253 e. The Morgan fingerprint density at radius 3 is 2.50 bits per heavy atom. The van der Waals surface area contributed by atoms with Crippen LogP contribution in [0.1, 0.15) is 49.5 Å². The average molecular weight is 277 g/mol. The van der Waals surface area contributed by atoms with Gasteiger partial charge in [-0.1, -0.05) is 38.8 Å². The minimum Gasteiger partial charge on any atom is -0.380 e. The van der Waals surface area contributed by atoms with Crippen molar-refractivity contribution in [1.82, 2.24) is 4.90 Å². The van der Waals surface area contributed by atoms with Crippen molar-refractivity contribution in [2.75, 3.05) is 20.2 Å². The van der Waals surface area contributed by atoms with Crippen molar-refractivity contribution in [3.8, 4) is 0 Å². The summed E-state index contributed by atoms with van der Waals surface area (Å²) in [7, 11) is 1.67. The van der Waals surface area contributed by atoms with Crippen LogP contribution in [-0.4, -0.2) is 31.0 Å². The fourth-order valence-electron chi connectivity index (χ4n) is 2.36. The maximum atomic E-state index is 12.6. The number of ether oxygens (including phenoxy) is 1. The first-order valence-electron chi connectivity index (χ1n) is 7.53. The van der Waals surface area contributed by atoms with Crippen LogP contribution in [0.2, 0.25) is 0 Å². The predicted octanol–water partition coefficient (Wildman–Crippen LogP) is 3.73. The zero-order valence-corrected chi connectivity index (χ0v) is 13.2. The van der Waals surface area contributed by atoms with E-state index in [1.54, 1.807) is 7.11 Å². The number of rotatable bonds is 8. The minimum atomic E-state index is 0.123. The van der Waals surface area contributed by atoms with Crippen molar-refractivity contribution < 1.29 is 9.53 Å². The third kappa shape index (κ3) is 4.64. The Bertz CT molecular complexity index is 413. The minimum absolute atomic E-state index is 0.123. The zero-order valence-electron chi connectivity index (χ0n) is 13.2. The van der Waals surface area contributed by atoms with Crippen LogP contribution in [-0.2, 0) is 11.3 Å². The second-order valence-electron chi connectivity index (χ2n) is 5.16. The van der Waals surface area contributed by atoms with E-state index in [0.717, 1.165) is 37.1 Å². The fraction of sp³-hybridized carbons (Fsp3) is 0.588. The third-order valence-corrected chi connectivity index (χ3v) is 3.79. The van der Waals surface area contributed by atoms with Crippen LogP contribution >= 0.6 is 0 Å². The average Bonchev–Trinajstić information content (AvgIpc) is 2.49. The van der Waals surface area contributed by atoms with E-state index in [1.807, 2.05) is 36.1 Å². The molecule has 0 aliphatic heterocycles. The quantitative estimate of drug-likeness (QED) is 0.724. The highest BCUT2D eigenvalue weighted by Crippen LogP contribution is 2.14. The molecule has 3 heteroatoms. The molecule has 1 rings (SSSR count). The predicted molar refractivity (Wildman–Crippen MR) is 82.8 cm³/mol. The molecular weight excluding hydrogens is 250 g/mol. The van der Waals surface area contributed by atoms with Gasteiger partial charge in [0, 0.05) is 25.8 Å². The maximum absolute atomic E-state index is 12.6. The van der Waals surface area contributed by atoms with Gasteiger partial charge in [-0.05, 0) is 30.5 Å². The summed E-state index contributed by atoms with van der Waals surface area (Å²) in [6.07, 6.45) is 2.23. The Hall–Kier alpha value is -1.35. The Morgan fingerprint density at radius 2 is 1.95 bits per heavy atom. The lowest BCUT2D eigenvalue weighted by atomic mass is 10.0. The summed E-state index contributed by atoms with van der Waals surface area (Å²) in [4.78, 5) is 14.5. The molecule has 0 aliphatic rings. The van der Waals surface area contributed by atoms with Crippen LogP contribution < -0.4 is 0 Å². The highest BCUT2D eigenvalue weighted by molar-refractivity contribution is 5.94. The molecule has 0 aliphatic carbocycles. The van der Waals surface area contributed by atoms with Crippen LogP contribution in [0.5, 0.6) is 0 Å². The van der Waals surface area contributed by atoms with E-state index < -0.39 is 0 Å². The number of methoxy groups -OCH3 is 1. The van der Waals surface area contributed by atoms with Crippen molar-refractivity contribution in [2.45, 2.75) is 40.2 Å². The lowest BCUT2D eigenvalue weighted by molar-refractivity contribution is 0.0734. The molecule has 3 nitrogen and oxygen atoms in total. The molecule has 0 aromatic heterocycles. The molecular formula is C17H27NO2. The first-order chi connectivity index (χ1) is 9.65. The second-order valence-corrected chi connectivity index (χ2v) is 5.16. The third-order valence-electron chi connectivity index (χ3n) is 3.79. The summed E-state index contributed by atoms with van der Waals surface area (Å²) < 4.78 is 5.12. The van der Waals surface area contributed by atoms with E-state index in [9.17, 15) is 4.79 Å². The van der Waals surface area contributed by atoms with Gasteiger partial charge in [0.05, 0.1) is 6.61 Å². The standard InChI is InChI=1S/C17H27NO2/c1-5-14(6-2)12-18(7-3)17(19)16-10-8-9-15(11-16)13-20-4/h8-11,14H,5-7,12-13H2,1-4H3. The van der Waals surface area contributed by atoms with E-state index >= 15 is 0 Å². The Kier molecular flexibility index (Phi) is 7.31. The van der Waals surface area contributed by atoms with Crippen molar-refractivity contribution >= 4 is 5.91 Å². The van der Waals surface area contributed by atoms with Gasteiger partial charge in [0.1, 0.15) is 0 Å². The van der Waals surface area contributed by atoms with Gasteiger partial charge in [-0.15, -0.1) is 0 Å². The van der Waals surface area contributed by atoms with Gasteiger partial charge in [-0.25, -0.2) is 0 Å². The number of carbonyl (C=O) groups is 1. The Morgan fingerprint density at radius 1 is 1.25 bits per heavy atom. The molecule has 0 fully saturated rings. The molecule has 0 heterocycles. The zero-order chi connectivity index (χ0) is 15.0. The van der Waals surface area contributed by atoms with Gasteiger partial charge in [0.15, 0.2) is 0 Å². The molecule has 1 aromatic carbocycles. The Balaban J connectivity index is 2.82. The smallest absolute Gasteiger partial charge is 0.253 e. The first-order valence-corrected chi connectivity index (χ1v) is 7.53. The molecule has 112 valence electrons. The summed E-state index contributed by atoms with van der Waals surface area (Å²) in [5, 5.41) is 0. The summed E-state index contributed by atoms with van der Waals surface area (Å²) >= 11 is 0. The van der Waals surface area contributed by atoms with Crippen molar-refractivity contribution in [3.63, 3.8) is 0 Å². The summed E-state index contributed by atoms with van der Waals surface area (Å²) in [6, 6.07) is 7.72. The van der Waals surface area contributed by atoms with E-state index in [1.165, 1.54) is 0 Å². The highest BCUT2D eigenvalue weighted by Gasteiger charge is 2.17. The molecule has 0 unspecified atom stereocenters. The van der Waals surface area contributed by atoms with Crippen LogP contribution in [0.4, 0.5) is 0 Å². The number of amides is 1. The van der Waals surface area contributed by atoms with Gasteiger partial charge in [0.2, 0.25) is 0 Å². The number of carbonyl (C=O) groups excluding carboxylic acids is 1. The molecule has 0 bridgehead atoms. The molecule has 1 aromatic rings. The molecule has 0 saturated carbocycles. The lowest BCUT2D eigenvalue weighted by Crippen LogP contribution is -2.35. The van der Waals surface area contributed by atoms with Gasteiger partial charge in [-0.2, -0.15) is 0 Å². The highest BCUT2D eigenvalue weighted by atomic mass is 16.5. The topological polar surface area (TPSA) is 29.5 Å². The second kappa shape index (κ2) is 8.75. The molecule has 1 amide bonds. The molecule has 0 N–H and O–H groups in total. The lowest BCUT2D eigenvalue weighted by Gasteiger charge is -2.25. The first kappa shape index (κ1) is 16.7. The number of hydrogen-bond acceptors (Lipinski definition) is 2. The SMILES string of the molecule is CCC(CC)CN(CC)C(=O)c1cccc(COC)c1. The summed E-state index contributed by atoms with van der Waals surface area (Å²) in [6.45, 7) is 8.55. The van der Waals surface area contributed by atoms with Gasteiger partial charge >= 0.3 is 0 Å². The molecule has 20 heavy (non-hydrogen) atoms. The van der Waals surface area contributed by atoms with E-state index in [-0.39, 0.29) is 5.91 Å². The van der Waals surface area contributed by atoms with Gasteiger partial charge in [-0.3, -0.25) is 4.79 Å². The van der Waals surface area contributed by atoms with Gasteiger partial charge in [0.25, 0.3) is 5.91 Å². The number of benzene rings is 1. The number of nitrogens with zero attached hydrogens (tertiary/aromatic N) is 1. The van der Waals surface area contributed by atoms with Crippen molar-refractivity contribution in [2.24, 2.45) is 5.92 Å². The van der Waals surface area contributed by atoms with Crippen LogP contribution in [0, 0.1) is 5.92 Å². The van der Waals surface area contributed by atoms with Gasteiger partial charge < -0.3 is 9.64 Å². The summed E-state index contributed by atoms with van der Waals surface area (Å²) in [5.41, 5.74) is 1.80.